The monoisotopic (exact) mass is 497 g/mol. The third-order valence-electron chi connectivity index (χ3n) is 7.57. The molecule has 1 N–H and O–H groups in total. The van der Waals surface area contributed by atoms with Crippen LogP contribution < -0.4 is 5.32 Å². The van der Waals surface area contributed by atoms with Crippen LogP contribution >= 0.6 is 0 Å². The molecule has 0 spiro atoms. The van der Waals surface area contributed by atoms with Gasteiger partial charge in [0, 0.05) is 36.3 Å². The van der Waals surface area contributed by atoms with E-state index < -0.39 is 0 Å². The number of para-hydroxylation sites is 1. The summed E-state index contributed by atoms with van der Waals surface area (Å²) >= 11 is 0. The number of likely N-dealkylation sites (tertiary alicyclic amines) is 1. The highest BCUT2D eigenvalue weighted by Crippen LogP contribution is 2.25. The molecule has 0 saturated carbocycles. The summed E-state index contributed by atoms with van der Waals surface area (Å²) in [7, 11) is 0. The van der Waals surface area contributed by atoms with E-state index in [1.807, 2.05) is 12.1 Å². The number of nitrogens with one attached hydrogen (secondary N) is 1. The van der Waals surface area contributed by atoms with Gasteiger partial charge in [0.1, 0.15) is 5.82 Å². The van der Waals surface area contributed by atoms with Crippen molar-refractivity contribution in [2.24, 2.45) is 5.92 Å². The molecule has 2 heterocycles. The summed E-state index contributed by atoms with van der Waals surface area (Å²) in [6, 6.07) is 28.1. The molecule has 1 aliphatic heterocycles. The Labute approximate surface area is 219 Å². The number of aromatic nitrogens is 1. The van der Waals surface area contributed by atoms with Gasteiger partial charge < -0.3 is 9.88 Å². The van der Waals surface area contributed by atoms with E-state index in [1.165, 1.54) is 28.2 Å². The van der Waals surface area contributed by atoms with Crippen LogP contribution in [0, 0.1) is 11.7 Å². The van der Waals surface area contributed by atoms with E-state index in [4.69, 9.17) is 0 Å². The minimum Gasteiger partial charge on any atom is -0.353 e. The second-order valence-corrected chi connectivity index (χ2v) is 10.4. The van der Waals surface area contributed by atoms with Gasteiger partial charge in [0.05, 0.1) is 0 Å². The number of amides is 1. The van der Waals surface area contributed by atoms with Crippen molar-refractivity contribution in [2.45, 2.75) is 51.7 Å². The first-order valence-electron chi connectivity index (χ1n) is 13.4. The summed E-state index contributed by atoms with van der Waals surface area (Å²) in [4.78, 5) is 15.4. The molecular weight excluding hydrogens is 461 g/mol. The minimum atomic E-state index is -0.203. The maximum atomic E-state index is 13.8. The Morgan fingerprint density at radius 3 is 2.43 bits per heavy atom. The summed E-state index contributed by atoms with van der Waals surface area (Å²) in [5.41, 5.74) is 4.66. The first kappa shape index (κ1) is 25.2. The van der Waals surface area contributed by atoms with Crippen LogP contribution in [0.2, 0.25) is 0 Å². The largest absolute Gasteiger partial charge is 0.353 e. The molecular formula is C32H36FN3O. The fraction of sp³-hybridized carbons (Fsp3) is 0.344. The summed E-state index contributed by atoms with van der Waals surface area (Å²) in [6.45, 7) is 5.37. The fourth-order valence-corrected chi connectivity index (χ4v) is 5.45. The van der Waals surface area contributed by atoms with Crippen molar-refractivity contribution < 1.29 is 9.18 Å². The maximum absolute atomic E-state index is 13.8. The number of aryl methyl sites for hydroxylation is 1. The molecule has 5 rings (SSSR count). The fourth-order valence-electron chi connectivity index (χ4n) is 5.45. The van der Waals surface area contributed by atoms with Gasteiger partial charge in [-0.15, -0.1) is 0 Å². The molecule has 37 heavy (non-hydrogen) atoms. The standard InChI is InChI=1S/C32H36FN3O/c1-24(14-15-25-8-3-2-4-9-25)34-32(37)27-16-18-35(19-17-27)23-30-21-28-11-5-6-13-31(28)36(30)22-26-10-7-12-29(33)20-26/h2-13,20-21,24,27H,14-19,22-23H2,1H3,(H,34,37)/t24-/m0/s1. The van der Waals surface area contributed by atoms with Gasteiger partial charge in [-0.05, 0) is 86.5 Å². The first-order valence-corrected chi connectivity index (χ1v) is 13.4. The zero-order valence-electron chi connectivity index (χ0n) is 21.6. The number of benzene rings is 3. The highest BCUT2D eigenvalue weighted by molar-refractivity contribution is 5.81. The van der Waals surface area contributed by atoms with Crippen molar-refractivity contribution in [3.63, 3.8) is 0 Å². The van der Waals surface area contributed by atoms with Gasteiger partial charge in [0.2, 0.25) is 5.91 Å². The first-order chi connectivity index (χ1) is 18.0. The van der Waals surface area contributed by atoms with Crippen LogP contribution in [0.1, 0.15) is 43.0 Å². The average Bonchev–Trinajstić information content (AvgIpc) is 3.25. The molecule has 192 valence electrons. The normalized spacial score (nSPS) is 15.6. The molecule has 0 unspecified atom stereocenters. The molecule has 1 aromatic heterocycles. The van der Waals surface area contributed by atoms with E-state index in [0.717, 1.165) is 50.9 Å². The Morgan fingerprint density at radius 1 is 0.919 bits per heavy atom. The number of hydrogen-bond donors (Lipinski definition) is 1. The summed E-state index contributed by atoms with van der Waals surface area (Å²) in [5.74, 6) is 0.0688. The van der Waals surface area contributed by atoms with Gasteiger partial charge in [0.15, 0.2) is 0 Å². The molecule has 4 nitrogen and oxygen atoms in total. The molecule has 0 bridgehead atoms. The van der Waals surface area contributed by atoms with Gasteiger partial charge in [-0.1, -0.05) is 60.7 Å². The van der Waals surface area contributed by atoms with Gasteiger partial charge in [-0.3, -0.25) is 9.69 Å². The summed E-state index contributed by atoms with van der Waals surface area (Å²) in [6.07, 6.45) is 3.68. The molecule has 0 radical (unpaired) electrons. The van der Waals surface area contributed by atoms with Crippen LogP contribution in [0.4, 0.5) is 4.39 Å². The van der Waals surface area contributed by atoms with E-state index in [1.54, 1.807) is 12.1 Å². The lowest BCUT2D eigenvalue weighted by molar-refractivity contribution is -0.127. The topological polar surface area (TPSA) is 37.3 Å². The Balaban J connectivity index is 1.17. The quantitative estimate of drug-likeness (QED) is 0.300. The lowest BCUT2D eigenvalue weighted by atomic mass is 9.95. The molecule has 0 aliphatic carbocycles. The van der Waals surface area contributed by atoms with Crippen LogP contribution in [0.15, 0.2) is 84.9 Å². The lowest BCUT2D eigenvalue weighted by Gasteiger charge is -2.32. The molecule has 3 aromatic carbocycles. The minimum absolute atomic E-state index is 0.0774. The zero-order valence-corrected chi connectivity index (χ0v) is 21.6. The van der Waals surface area contributed by atoms with Crippen molar-refractivity contribution >= 4 is 16.8 Å². The van der Waals surface area contributed by atoms with Crippen LogP contribution in [0.5, 0.6) is 0 Å². The molecule has 1 aliphatic rings. The van der Waals surface area contributed by atoms with Crippen LogP contribution in [0.25, 0.3) is 10.9 Å². The molecule has 1 atom stereocenters. The Morgan fingerprint density at radius 2 is 1.65 bits per heavy atom. The van der Waals surface area contributed by atoms with Crippen molar-refractivity contribution in [1.29, 1.82) is 0 Å². The van der Waals surface area contributed by atoms with E-state index in [-0.39, 0.29) is 23.7 Å². The number of carbonyl (C=O) groups excluding carboxylic acids is 1. The third-order valence-corrected chi connectivity index (χ3v) is 7.57. The molecule has 1 amide bonds. The van der Waals surface area contributed by atoms with Crippen molar-refractivity contribution in [1.82, 2.24) is 14.8 Å². The van der Waals surface area contributed by atoms with Crippen molar-refractivity contribution in [2.75, 3.05) is 13.1 Å². The number of halogens is 1. The van der Waals surface area contributed by atoms with Gasteiger partial charge in [-0.2, -0.15) is 0 Å². The van der Waals surface area contributed by atoms with Gasteiger partial charge >= 0.3 is 0 Å². The predicted molar refractivity (Wildman–Crippen MR) is 148 cm³/mol. The second kappa shape index (κ2) is 11.7. The second-order valence-electron chi connectivity index (χ2n) is 10.4. The molecule has 1 saturated heterocycles. The molecule has 1 fully saturated rings. The summed E-state index contributed by atoms with van der Waals surface area (Å²) in [5, 5.41) is 4.45. The van der Waals surface area contributed by atoms with Crippen LogP contribution in [-0.4, -0.2) is 34.5 Å². The van der Waals surface area contributed by atoms with E-state index >= 15 is 0 Å². The highest BCUT2D eigenvalue weighted by atomic mass is 19.1. The lowest BCUT2D eigenvalue weighted by Crippen LogP contribution is -2.43. The third kappa shape index (κ3) is 6.47. The van der Waals surface area contributed by atoms with Gasteiger partial charge in [-0.25, -0.2) is 4.39 Å². The molecule has 5 heteroatoms. The van der Waals surface area contributed by atoms with E-state index in [9.17, 15) is 9.18 Å². The Kier molecular flexibility index (Phi) is 8.00. The predicted octanol–water partition coefficient (Wildman–Crippen LogP) is 6.18. The number of rotatable bonds is 9. The maximum Gasteiger partial charge on any atom is 0.223 e. The van der Waals surface area contributed by atoms with E-state index in [0.29, 0.717) is 6.54 Å². The number of carbonyl (C=O) groups is 1. The average molecular weight is 498 g/mol. The van der Waals surface area contributed by atoms with E-state index in [2.05, 4.69) is 76.3 Å². The number of fused-ring (bicyclic) bond motifs is 1. The smallest absolute Gasteiger partial charge is 0.223 e. The summed E-state index contributed by atoms with van der Waals surface area (Å²) < 4.78 is 16.1. The van der Waals surface area contributed by atoms with Crippen LogP contribution in [0.3, 0.4) is 0 Å². The number of nitrogens with zero attached hydrogens (tertiary/aromatic N) is 2. The SMILES string of the molecule is C[C@@H](CCc1ccccc1)NC(=O)C1CCN(Cc2cc3ccccc3n2Cc2cccc(F)c2)CC1. The van der Waals surface area contributed by atoms with Gasteiger partial charge in [0.25, 0.3) is 0 Å². The Hall–Kier alpha value is -3.44. The van der Waals surface area contributed by atoms with Crippen molar-refractivity contribution in [3.8, 4) is 0 Å². The number of piperidine rings is 1. The zero-order chi connectivity index (χ0) is 25.6. The highest BCUT2D eigenvalue weighted by Gasteiger charge is 2.26. The number of hydrogen-bond acceptors (Lipinski definition) is 2. The molecule has 4 aromatic rings. The van der Waals surface area contributed by atoms with Crippen molar-refractivity contribution in [3.05, 3.63) is 108 Å². The Bertz CT molecular complexity index is 1320. The van der Waals surface area contributed by atoms with Crippen LogP contribution in [-0.2, 0) is 24.3 Å².